The van der Waals surface area contributed by atoms with Crippen LogP contribution in [0.1, 0.15) is 34.6 Å². The van der Waals surface area contributed by atoms with Crippen LogP contribution in [0.2, 0.25) is 0 Å². The summed E-state index contributed by atoms with van der Waals surface area (Å²) in [5.41, 5.74) is 2.07. The van der Waals surface area contributed by atoms with E-state index in [2.05, 4.69) is 44.4 Å². The highest BCUT2D eigenvalue weighted by Gasteiger charge is 2.00. The molecule has 13 heavy (non-hydrogen) atoms. The van der Waals surface area contributed by atoms with Gasteiger partial charge in [-0.1, -0.05) is 27.7 Å². The first-order valence-electron chi connectivity index (χ1n) is 4.70. The maximum atomic E-state index is 4.34. The van der Waals surface area contributed by atoms with Crippen LogP contribution in [0.25, 0.3) is 0 Å². The molecule has 0 aliphatic rings. The third-order valence-corrected chi connectivity index (χ3v) is 2.01. The van der Waals surface area contributed by atoms with E-state index in [1.807, 2.05) is 13.1 Å². The van der Waals surface area contributed by atoms with Crippen molar-refractivity contribution in [1.82, 2.24) is 0 Å². The standard InChI is InChI=1S/C11H20N2/c1-8(2)10(5)13-7-11(12-6)9(3)4/h7-9H,6H2,1-5H3/b11-7-,13-10+. The summed E-state index contributed by atoms with van der Waals surface area (Å²) in [6.07, 6.45) is 1.81. The van der Waals surface area contributed by atoms with E-state index in [4.69, 9.17) is 0 Å². The fourth-order valence-electron chi connectivity index (χ4n) is 0.689. The molecular weight excluding hydrogens is 160 g/mol. The normalized spacial score (nSPS) is 14.1. The lowest BCUT2D eigenvalue weighted by atomic mass is 10.1. The molecule has 0 unspecified atom stereocenters. The number of nitrogens with zero attached hydrogens (tertiary/aromatic N) is 2. The first-order chi connectivity index (χ1) is 5.99. The predicted molar refractivity (Wildman–Crippen MR) is 60.4 cm³/mol. The minimum absolute atomic E-state index is 0.390. The van der Waals surface area contributed by atoms with Crippen LogP contribution in [0.15, 0.2) is 21.9 Å². The van der Waals surface area contributed by atoms with E-state index in [0.717, 1.165) is 11.4 Å². The summed E-state index contributed by atoms with van der Waals surface area (Å²) in [4.78, 5) is 8.26. The Morgan fingerprint density at radius 3 is 2.00 bits per heavy atom. The van der Waals surface area contributed by atoms with Gasteiger partial charge >= 0.3 is 0 Å². The Kier molecular flexibility index (Phi) is 5.28. The highest BCUT2D eigenvalue weighted by Crippen LogP contribution is 2.10. The molecule has 0 radical (unpaired) electrons. The third-order valence-electron chi connectivity index (χ3n) is 2.01. The zero-order chi connectivity index (χ0) is 10.4. The van der Waals surface area contributed by atoms with Gasteiger partial charge in [0.1, 0.15) is 0 Å². The monoisotopic (exact) mass is 180 g/mol. The lowest BCUT2D eigenvalue weighted by Crippen LogP contribution is -2.00. The molecule has 0 bridgehead atoms. The summed E-state index contributed by atoms with van der Waals surface area (Å²) < 4.78 is 0. The minimum atomic E-state index is 0.390. The summed E-state index contributed by atoms with van der Waals surface area (Å²) in [6, 6.07) is 0. The van der Waals surface area contributed by atoms with Crippen molar-refractivity contribution in [2.24, 2.45) is 21.8 Å². The van der Waals surface area contributed by atoms with E-state index in [0.29, 0.717) is 11.8 Å². The first kappa shape index (κ1) is 12.1. The molecule has 0 saturated carbocycles. The van der Waals surface area contributed by atoms with E-state index in [1.165, 1.54) is 0 Å². The molecule has 74 valence electrons. The topological polar surface area (TPSA) is 24.7 Å². The largest absolute Gasteiger partial charge is 0.267 e. The van der Waals surface area contributed by atoms with Gasteiger partial charge in [-0.25, -0.2) is 0 Å². The SMILES string of the molecule is C=N/C(=C\N=C(/C)C(C)C)C(C)C. The molecule has 0 amide bonds. The molecule has 0 aromatic heterocycles. The van der Waals surface area contributed by atoms with Crippen molar-refractivity contribution >= 4 is 12.4 Å². The Balaban J connectivity index is 4.54. The Labute approximate surface area is 81.5 Å². The van der Waals surface area contributed by atoms with Crippen molar-refractivity contribution in [3.63, 3.8) is 0 Å². The average molecular weight is 180 g/mol. The number of hydrogen-bond acceptors (Lipinski definition) is 2. The summed E-state index contributed by atoms with van der Waals surface area (Å²) >= 11 is 0. The number of allylic oxidation sites excluding steroid dienone is 1. The lowest BCUT2D eigenvalue weighted by Gasteiger charge is -2.04. The van der Waals surface area contributed by atoms with Crippen LogP contribution < -0.4 is 0 Å². The predicted octanol–water partition coefficient (Wildman–Crippen LogP) is 3.30. The highest BCUT2D eigenvalue weighted by molar-refractivity contribution is 5.84. The molecule has 0 aliphatic carbocycles. The fourth-order valence-corrected chi connectivity index (χ4v) is 0.689. The molecule has 0 N–H and O–H groups in total. The van der Waals surface area contributed by atoms with Gasteiger partial charge in [0, 0.05) is 11.9 Å². The van der Waals surface area contributed by atoms with Crippen molar-refractivity contribution in [2.45, 2.75) is 34.6 Å². The van der Waals surface area contributed by atoms with Crippen molar-refractivity contribution < 1.29 is 0 Å². The van der Waals surface area contributed by atoms with Gasteiger partial charge in [-0.3, -0.25) is 9.98 Å². The maximum absolute atomic E-state index is 4.34. The second-order valence-corrected chi connectivity index (χ2v) is 3.79. The van der Waals surface area contributed by atoms with Crippen LogP contribution in [0.5, 0.6) is 0 Å². The van der Waals surface area contributed by atoms with Crippen LogP contribution in [0.3, 0.4) is 0 Å². The van der Waals surface area contributed by atoms with Crippen LogP contribution in [-0.4, -0.2) is 12.4 Å². The van der Waals surface area contributed by atoms with Crippen LogP contribution in [0.4, 0.5) is 0 Å². The van der Waals surface area contributed by atoms with Gasteiger partial charge in [0.05, 0.1) is 5.70 Å². The van der Waals surface area contributed by atoms with Crippen LogP contribution in [0, 0.1) is 11.8 Å². The van der Waals surface area contributed by atoms with Crippen LogP contribution in [-0.2, 0) is 0 Å². The molecule has 0 spiro atoms. The number of hydrogen-bond donors (Lipinski definition) is 0. The Bertz CT molecular complexity index is 222. The van der Waals surface area contributed by atoms with Gasteiger partial charge in [-0.15, -0.1) is 0 Å². The summed E-state index contributed by atoms with van der Waals surface area (Å²) in [6.45, 7) is 14.0. The summed E-state index contributed by atoms with van der Waals surface area (Å²) in [5, 5.41) is 0. The molecule has 0 rings (SSSR count). The zero-order valence-electron chi connectivity index (χ0n) is 9.33. The third kappa shape index (κ3) is 4.61. The van der Waals surface area contributed by atoms with Gasteiger partial charge in [0.15, 0.2) is 0 Å². The van der Waals surface area contributed by atoms with E-state index >= 15 is 0 Å². The summed E-state index contributed by atoms with van der Waals surface area (Å²) in [5.74, 6) is 0.885. The van der Waals surface area contributed by atoms with Crippen molar-refractivity contribution in [1.29, 1.82) is 0 Å². The number of aliphatic imine (C=N–C) groups is 2. The van der Waals surface area contributed by atoms with Crippen molar-refractivity contribution in [3.8, 4) is 0 Å². The number of rotatable bonds is 4. The molecule has 0 saturated heterocycles. The van der Waals surface area contributed by atoms with Crippen molar-refractivity contribution in [2.75, 3.05) is 0 Å². The molecule has 0 fully saturated rings. The fraction of sp³-hybridized carbons (Fsp3) is 0.636. The van der Waals surface area contributed by atoms with Gasteiger partial charge in [0.25, 0.3) is 0 Å². The van der Waals surface area contributed by atoms with Gasteiger partial charge in [-0.05, 0) is 25.5 Å². The van der Waals surface area contributed by atoms with Crippen molar-refractivity contribution in [3.05, 3.63) is 11.9 Å². The lowest BCUT2D eigenvalue weighted by molar-refractivity contribution is 0.756. The highest BCUT2D eigenvalue weighted by atomic mass is 14.8. The smallest absolute Gasteiger partial charge is 0.0604 e. The van der Waals surface area contributed by atoms with Crippen LogP contribution >= 0.6 is 0 Å². The van der Waals surface area contributed by atoms with Gasteiger partial charge < -0.3 is 0 Å². The minimum Gasteiger partial charge on any atom is -0.267 e. The molecule has 2 nitrogen and oxygen atoms in total. The molecule has 0 atom stereocenters. The van der Waals surface area contributed by atoms with E-state index in [9.17, 15) is 0 Å². The molecule has 0 aliphatic heterocycles. The zero-order valence-corrected chi connectivity index (χ0v) is 9.33. The van der Waals surface area contributed by atoms with Gasteiger partial charge in [0.2, 0.25) is 0 Å². The molecule has 0 heterocycles. The maximum Gasteiger partial charge on any atom is 0.0604 e. The van der Waals surface area contributed by atoms with Gasteiger partial charge in [-0.2, -0.15) is 0 Å². The Morgan fingerprint density at radius 1 is 1.15 bits per heavy atom. The van der Waals surface area contributed by atoms with E-state index in [1.54, 1.807) is 0 Å². The first-order valence-corrected chi connectivity index (χ1v) is 4.70. The van der Waals surface area contributed by atoms with E-state index < -0.39 is 0 Å². The molecule has 0 aromatic carbocycles. The molecular formula is C11H20N2. The average Bonchev–Trinajstić information content (AvgIpc) is 2.04. The Hall–Kier alpha value is -0.920. The quantitative estimate of drug-likeness (QED) is 0.593. The Morgan fingerprint density at radius 2 is 1.69 bits per heavy atom. The van der Waals surface area contributed by atoms with E-state index in [-0.39, 0.29) is 0 Å². The summed E-state index contributed by atoms with van der Waals surface area (Å²) in [7, 11) is 0. The second kappa shape index (κ2) is 5.68. The second-order valence-electron chi connectivity index (χ2n) is 3.79. The molecule has 2 heteroatoms. The molecule has 0 aromatic rings.